The maximum absolute atomic E-state index is 12.8. The zero-order chi connectivity index (χ0) is 24.2. The number of nitriles is 1. The Balaban J connectivity index is 1.43. The van der Waals surface area contributed by atoms with E-state index in [9.17, 15) is 9.59 Å². The maximum atomic E-state index is 12.8. The number of carbonyl (C=O) groups is 2. The third kappa shape index (κ3) is 5.41. The fourth-order valence-corrected chi connectivity index (χ4v) is 4.90. The van der Waals surface area contributed by atoms with E-state index in [4.69, 9.17) is 21.6 Å². The maximum Gasteiger partial charge on any atom is 0.255 e. The highest BCUT2D eigenvalue weighted by molar-refractivity contribution is 6.31. The highest BCUT2D eigenvalue weighted by Gasteiger charge is 2.33. The van der Waals surface area contributed by atoms with E-state index >= 15 is 0 Å². The molecule has 2 amide bonds. The average Bonchev–Trinajstić information content (AvgIpc) is 3.37. The van der Waals surface area contributed by atoms with Crippen LogP contribution in [0.25, 0.3) is 0 Å². The molecule has 1 N–H and O–H groups in total. The monoisotopic (exact) mass is 480 g/mol. The first-order valence-electron chi connectivity index (χ1n) is 11.6. The Kier molecular flexibility index (Phi) is 7.52. The first-order valence-corrected chi connectivity index (χ1v) is 11.9. The zero-order valence-corrected chi connectivity index (χ0v) is 20.3. The van der Waals surface area contributed by atoms with Crippen LogP contribution in [-0.4, -0.2) is 60.5 Å². The molecule has 2 heterocycles. The van der Waals surface area contributed by atoms with Gasteiger partial charge in [-0.05, 0) is 61.7 Å². The van der Waals surface area contributed by atoms with E-state index in [1.54, 1.807) is 30.3 Å². The second-order valence-electron chi connectivity index (χ2n) is 9.06. The molecule has 2 atom stereocenters. The number of rotatable bonds is 5. The van der Waals surface area contributed by atoms with Crippen LogP contribution < -0.4 is 5.32 Å². The van der Waals surface area contributed by atoms with Gasteiger partial charge in [0.15, 0.2) is 0 Å². The zero-order valence-electron chi connectivity index (χ0n) is 19.5. The van der Waals surface area contributed by atoms with Crippen molar-refractivity contribution in [2.24, 2.45) is 5.92 Å². The van der Waals surface area contributed by atoms with Crippen LogP contribution in [0.5, 0.6) is 0 Å². The minimum absolute atomic E-state index is 0.0100. The summed E-state index contributed by atoms with van der Waals surface area (Å²) >= 11 is 6.41. The molecular formula is C26H29ClN4O3. The number of ether oxygens (including phenoxy) is 1. The predicted octanol–water partition coefficient (Wildman–Crippen LogP) is 3.84. The summed E-state index contributed by atoms with van der Waals surface area (Å²) in [7, 11) is 0. The second kappa shape index (κ2) is 10.6. The highest BCUT2D eigenvalue weighted by Crippen LogP contribution is 2.28. The lowest BCUT2D eigenvalue weighted by Gasteiger charge is -2.41. The van der Waals surface area contributed by atoms with Gasteiger partial charge < -0.3 is 15.0 Å². The van der Waals surface area contributed by atoms with Gasteiger partial charge in [0.1, 0.15) is 0 Å². The number of amides is 2. The van der Waals surface area contributed by atoms with Crippen LogP contribution >= 0.6 is 11.6 Å². The first kappa shape index (κ1) is 24.2. The van der Waals surface area contributed by atoms with Crippen LogP contribution in [0.1, 0.15) is 40.4 Å². The van der Waals surface area contributed by atoms with Crippen molar-refractivity contribution < 1.29 is 14.3 Å². The molecule has 0 aliphatic carbocycles. The SMILES string of the molecule is Cc1c(CN2CCN(C(=O)C3CCOC3)[C@@H](C)C2)cc(Cl)cc1NC(=O)c1cccc(C#N)c1. The molecule has 2 aliphatic heterocycles. The molecule has 0 spiro atoms. The van der Waals surface area contributed by atoms with E-state index in [1.807, 2.05) is 17.9 Å². The molecule has 0 radical (unpaired) electrons. The van der Waals surface area contributed by atoms with Gasteiger partial charge in [0, 0.05) is 55.1 Å². The van der Waals surface area contributed by atoms with Gasteiger partial charge in [0.25, 0.3) is 5.91 Å². The van der Waals surface area contributed by atoms with Crippen molar-refractivity contribution in [1.29, 1.82) is 5.26 Å². The van der Waals surface area contributed by atoms with E-state index in [0.29, 0.717) is 48.1 Å². The molecule has 2 aliphatic rings. The van der Waals surface area contributed by atoms with Gasteiger partial charge in [-0.25, -0.2) is 0 Å². The van der Waals surface area contributed by atoms with Crippen LogP contribution in [-0.2, 0) is 16.1 Å². The van der Waals surface area contributed by atoms with Gasteiger partial charge in [-0.3, -0.25) is 14.5 Å². The summed E-state index contributed by atoms with van der Waals surface area (Å²) in [6.45, 7) is 8.17. The molecule has 178 valence electrons. The number of carbonyl (C=O) groups excluding carboxylic acids is 2. The Morgan fingerprint density at radius 1 is 1.26 bits per heavy atom. The summed E-state index contributed by atoms with van der Waals surface area (Å²) < 4.78 is 5.39. The minimum Gasteiger partial charge on any atom is -0.381 e. The van der Waals surface area contributed by atoms with Crippen molar-refractivity contribution in [1.82, 2.24) is 9.80 Å². The topological polar surface area (TPSA) is 85.7 Å². The molecular weight excluding hydrogens is 452 g/mol. The minimum atomic E-state index is -0.287. The van der Waals surface area contributed by atoms with Crippen LogP contribution in [0.2, 0.25) is 5.02 Å². The van der Waals surface area contributed by atoms with E-state index in [1.165, 1.54) is 0 Å². The van der Waals surface area contributed by atoms with Gasteiger partial charge in [-0.1, -0.05) is 17.7 Å². The van der Waals surface area contributed by atoms with Gasteiger partial charge in [0.2, 0.25) is 5.91 Å². The van der Waals surface area contributed by atoms with Crippen molar-refractivity contribution in [2.45, 2.75) is 32.9 Å². The number of piperazine rings is 1. The molecule has 2 aromatic rings. The molecule has 8 heteroatoms. The average molecular weight is 481 g/mol. The molecule has 34 heavy (non-hydrogen) atoms. The Hall–Kier alpha value is -2.92. The number of anilines is 1. The molecule has 7 nitrogen and oxygen atoms in total. The standard InChI is InChI=1S/C26H29ClN4O3/c1-17-14-30(7-8-31(17)26(33)21-6-9-34-16-21)15-22-11-23(27)12-24(18(22)2)29-25(32)20-5-3-4-19(10-20)13-28/h3-5,10-12,17,21H,6-9,14-16H2,1-2H3,(H,29,32)/t17-,21?/m0/s1. The summed E-state index contributed by atoms with van der Waals surface area (Å²) in [5.41, 5.74) is 3.48. The van der Waals surface area contributed by atoms with Crippen molar-refractivity contribution in [2.75, 3.05) is 38.2 Å². The van der Waals surface area contributed by atoms with Crippen LogP contribution in [0.4, 0.5) is 5.69 Å². The highest BCUT2D eigenvalue weighted by atomic mass is 35.5. The molecule has 4 rings (SSSR count). The van der Waals surface area contributed by atoms with Crippen molar-refractivity contribution in [3.8, 4) is 6.07 Å². The van der Waals surface area contributed by atoms with Crippen molar-refractivity contribution >= 4 is 29.1 Å². The number of benzene rings is 2. The van der Waals surface area contributed by atoms with Gasteiger partial charge >= 0.3 is 0 Å². The van der Waals surface area contributed by atoms with Gasteiger partial charge in [0.05, 0.1) is 24.2 Å². The largest absolute Gasteiger partial charge is 0.381 e. The quantitative estimate of drug-likeness (QED) is 0.702. The Morgan fingerprint density at radius 3 is 2.79 bits per heavy atom. The fourth-order valence-electron chi connectivity index (χ4n) is 4.66. The normalized spacial score (nSPS) is 20.7. The van der Waals surface area contributed by atoms with E-state index in [-0.39, 0.29) is 23.8 Å². The lowest BCUT2D eigenvalue weighted by atomic mass is 10.0. The number of halogens is 1. The molecule has 1 unspecified atom stereocenters. The van der Waals surface area contributed by atoms with Crippen molar-refractivity contribution in [3.63, 3.8) is 0 Å². The Morgan fingerprint density at radius 2 is 2.09 bits per heavy atom. The van der Waals surface area contributed by atoms with E-state index < -0.39 is 0 Å². The van der Waals surface area contributed by atoms with Crippen molar-refractivity contribution in [3.05, 3.63) is 63.7 Å². The molecule has 0 aromatic heterocycles. The van der Waals surface area contributed by atoms with E-state index in [2.05, 4.69) is 23.2 Å². The molecule has 0 saturated carbocycles. The van der Waals surface area contributed by atoms with Gasteiger partial charge in [-0.2, -0.15) is 5.26 Å². The summed E-state index contributed by atoms with van der Waals surface area (Å²) in [6.07, 6.45) is 0.808. The van der Waals surface area contributed by atoms with Gasteiger partial charge in [-0.15, -0.1) is 0 Å². The summed E-state index contributed by atoms with van der Waals surface area (Å²) in [4.78, 5) is 29.9. The Labute approximate surface area is 205 Å². The number of nitrogens with one attached hydrogen (secondary N) is 1. The van der Waals surface area contributed by atoms with Crippen LogP contribution in [0.3, 0.4) is 0 Å². The first-order chi connectivity index (χ1) is 16.4. The summed E-state index contributed by atoms with van der Waals surface area (Å²) in [6, 6.07) is 12.4. The summed E-state index contributed by atoms with van der Waals surface area (Å²) in [5.74, 6) is -0.0942. The number of hydrogen-bond acceptors (Lipinski definition) is 5. The van der Waals surface area contributed by atoms with Crippen LogP contribution in [0, 0.1) is 24.2 Å². The fraction of sp³-hybridized carbons (Fsp3) is 0.423. The second-order valence-corrected chi connectivity index (χ2v) is 9.50. The molecule has 2 saturated heterocycles. The molecule has 0 bridgehead atoms. The lowest BCUT2D eigenvalue weighted by Crippen LogP contribution is -2.55. The summed E-state index contributed by atoms with van der Waals surface area (Å²) in [5, 5.41) is 12.6. The molecule has 2 fully saturated rings. The number of hydrogen-bond donors (Lipinski definition) is 1. The predicted molar refractivity (Wildman–Crippen MR) is 131 cm³/mol. The Bertz CT molecular complexity index is 1120. The van der Waals surface area contributed by atoms with E-state index in [0.717, 1.165) is 30.6 Å². The van der Waals surface area contributed by atoms with Crippen LogP contribution in [0.15, 0.2) is 36.4 Å². The smallest absolute Gasteiger partial charge is 0.255 e. The third-order valence-corrected chi connectivity index (χ3v) is 6.87. The molecule has 2 aromatic carbocycles. The third-order valence-electron chi connectivity index (χ3n) is 6.65. The number of nitrogens with zero attached hydrogens (tertiary/aromatic N) is 3. The lowest BCUT2D eigenvalue weighted by molar-refractivity contribution is -0.140.